The predicted octanol–water partition coefficient (Wildman–Crippen LogP) is 1.84. The van der Waals surface area contributed by atoms with Gasteiger partial charge in [0.05, 0.1) is 26.4 Å². The standard InChI is InChI=1S/C9H20O.C4H10O3/c1-4-5-6-7-10-8-9(2)3;5-1-3-7-4-2-6/h9H,4-8H2,1-3H3;5-6H,1-4H2. The van der Waals surface area contributed by atoms with Crippen LogP contribution in [0.3, 0.4) is 0 Å². The molecule has 0 saturated heterocycles. The van der Waals surface area contributed by atoms with E-state index in [-0.39, 0.29) is 13.2 Å². The van der Waals surface area contributed by atoms with Crippen LogP contribution >= 0.6 is 0 Å². The first kappa shape index (κ1) is 19.2. The van der Waals surface area contributed by atoms with Crippen molar-refractivity contribution in [2.45, 2.75) is 40.0 Å². The highest BCUT2D eigenvalue weighted by Crippen LogP contribution is 1.97. The molecule has 0 aliphatic carbocycles. The highest BCUT2D eigenvalue weighted by atomic mass is 16.5. The monoisotopic (exact) mass is 250 g/mol. The Bertz CT molecular complexity index is 114. The van der Waals surface area contributed by atoms with Crippen LogP contribution < -0.4 is 0 Å². The van der Waals surface area contributed by atoms with E-state index in [1.54, 1.807) is 0 Å². The van der Waals surface area contributed by atoms with Crippen LogP contribution in [0.2, 0.25) is 0 Å². The summed E-state index contributed by atoms with van der Waals surface area (Å²) >= 11 is 0. The van der Waals surface area contributed by atoms with Crippen molar-refractivity contribution < 1.29 is 19.7 Å². The summed E-state index contributed by atoms with van der Waals surface area (Å²) in [6, 6.07) is 0. The normalized spacial score (nSPS) is 10.2. The third kappa shape index (κ3) is 25.8. The van der Waals surface area contributed by atoms with Crippen molar-refractivity contribution >= 4 is 0 Å². The molecule has 0 amide bonds. The molecule has 0 atom stereocenters. The van der Waals surface area contributed by atoms with Gasteiger partial charge in [-0.3, -0.25) is 0 Å². The lowest BCUT2D eigenvalue weighted by Gasteiger charge is -2.05. The molecule has 4 nitrogen and oxygen atoms in total. The SMILES string of the molecule is CCCCCOCC(C)C.OCCOCCO. The molecule has 0 radical (unpaired) electrons. The Hall–Kier alpha value is -0.160. The van der Waals surface area contributed by atoms with Gasteiger partial charge in [-0.15, -0.1) is 0 Å². The van der Waals surface area contributed by atoms with Crippen LogP contribution in [0.15, 0.2) is 0 Å². The minimum atomic E-state index is 0.0278. The van der Waals surface area contributed by atoms with E-state index >= 15 is 0 Å². The Morgan fingerprint density at radius 2 is 1.47 bits per heavy atom. The van der Waals surface area contributed by atoms with Crippen LogP contribution in [0.4, 0.5) is 0 Å². The summed E-state index contributed by atoms with van der Waals surface area (Å²) in [5.74, 6) is 0.682. The largest absolute Gasteiger partial charge is 0.394 e. The van der Waals surface area contributed by atoms with Crippen molar-refractivity contribution in [1.82, 2.24) is 0 Å². The number of aliphatic hydroxyl groups excluding tert-OH is 2. The van der Waals surface area contributed by atoms with Crippen LogP contribution in [0.1, 0.15) is 40.0 Å². The number of hydrogen-bond acceptors (Lipinski definition) is 4. The van der Waals surface area contributed by atoms with Gasteiger partial charge in [-0.1, -0.05) is 33.6 Å². The summed E-state index contributed by atoms with van der Waals surface area (Å²) in [7, 11) is 0. The van der Waals surface area contributed by atoms with Crippen molar-refractivity contribution in [3.63, 3.8) is 0 Å². The summed E-state index contributed by atoms with van der Waals surface area (Å²) in [4.78, 5) is 0. The van der Waals surface area contributed by atoms with Crippen molar-refractivity contribution in [2.24, 2.45) is 5.92 Å². The Morgan fingerprint density at radius 3 is 1.88 bits per heavy atom. The first-order valence-corrected chi connectivity index (χ1v) is 6.56. The molecule has 0 heterocycles. The molecule has 0 fully saturated rings. The van der Waals surface area contributed by atoms with Gasteiger partial charge in [0.1, 0.15) is 0 Å². The number of ether oxygens (including phenoxy) is 2. The molecule has 0 bridgehead atoms. The Kier molecular flexibility index (Phi) is 20.6. The number of hydrogen-bond donors (Lipinski definition) is 2. The smallest absolute Gasteiger partial charge is 0.0698 e. The maximum absolute atomic E-state index is 8.09. The van der Waals surface area contributed by atoms with E-state index in [9.17, 15) is 0 Å². The molecular formula is C13H30O4. The van der Waals surface area contributed by atoms with Crippen molar-refractivity contribution in [3.8, 4) is 0 Å². The Balaban J connectivity index is 0. The fourth-order valence-corrected chi connectivity index (χ4v) is 1.00. The maximum atomic E-state index is 8.09. The molecule has 0 unspecified atom stereocenters. The van der Waals surface area contributed by atoms with Crippen LogP contribution in [0, 0.1) is 5.92 Å². The summed E-state index contributed by atoms with van der Waals surface area (Å²) in [5, 5.41) is 16.2. The predicted molar refractivity (Wildman–Crippen MR) is 70.2 cm³/mol. The average molecular weight is 250 g/mol. The lowest BCUT2D eigenvalue weighted by Crippen LogP contribution is -2.03. The summed E-state index contributed by atoms with van der Waals surface area (Å²) < 4.78 is 10.0. The van der Waals surface area contributed by atoms with Crippen molar-refractivity contribution in [1.29, 1.82) is 0 Å². The summed E-state index contributed by atoms with van der Waals surface area (Å²) in [5.41, 5.74) is 0. The number of aliphatic hydroxyl groups is 2. The lowest BCUT2D eigenvalue weighted by molar-refractivity contribution is 0.0650. The molecular weight excluding hydrogens is 220 g/mol. The molecule has 106 valence electrons. The fourth-order valence-electron chi connectivity index (χ4n) is 1.00. The van der Waals surface area contributed by atoms with Crippen molar-refractivity contribution in [3.05, 3.63) is 0 Å². The molecule has 17 heavy (non-hydrogen) atoms. The molecule has 4 heteroatoms. The molecule has 2 N–H and O–H groups in total. The lowest BCUT2D eigenvalue weighted by atomic mass is 10.2. The molecule has 0 aromatic carbocycles. The van der Waals surface area contributed by atoms with Gasteiger partial charge in [-0.25, -0.2) is 0 Å². The van der Waals surface area contributed by atoms with Gasteiger partial charge < -0.3 is 19.7 Å². The van der Waals surface area contributed by atoms with Gasteiger partial charge in [0, 0.05) is 13.2 Å². The zero-order valence-electron chi connectivity index (χ0n) is 11.7. The van der Waals surface area contributed by atoms with Crippen LogP contribution in [-0.2, 0) is 9.47 Å². The zero-order valence-corrected chi connectivity index (χ0v) is 11.7. The minimum absolute atomic E-state index is 0.0278. The van der Waals surface area contributed by atoms with Gasteiger partial charge in [-0.05, 0) is 12.3 Å². The molecule has 0 spiro atoms. The Morgan fingerprint density at radius 1 is 0.882 bits per heavy atom. The maximum Gasteiger partial charge on any atom is 0.0698 e. The Labute approximate surface area is 106 Å². The van der Waals surface area contributed by atoms with E-state index in [0.29, 0.717) is 19.1 Å². The summed E-state index contributed by atoms with van der Waals surface area (Å²) in [6.45, 7) is 9.14. The molecule has 0 saturated carbocycles. The highest BCUT2D eigenvalue weighted by Gasteiger charge is 1.92. The minimum Gasteiger partial charge on any atom is -0.394 e. The molecule has 0 aliphatic rings. The highest BCUT2D eigenvalue weighted by molar-refractivity contribution is 4.40. The fraction of sp³-hybridized carbons (Fsp3) is 1.00. The quantitative estimate of drug-likeness (QED) is 0.581. The second kappa shape index (κ2) is 18.2. The van der Waals surface area contributed by atoms with E-state index in [1.165, 1.54) is 19.3 Å². The second-order valence-corrected chi connectivity index (χ2v) is 4.24. The second-order valence-electron chi connectivity index (χ2n) is 4.24. The van der Waals surface area contributed by atoms with E-state index in [0.717, 1.165) is 13.2 Å². The first-order valence-electron chi connectivity index (χ1n) is 6.56. The van der Waals surface area contributed by atoms with E-state index in [4.69, 9.17) is 14.9 Å². The average Bonchev–Trinajstić information content (AvgIpc) is 2.30. The van der Waals surface area contributed by atoms with E-state index in [1.807, 2.05) is 0 Å². The molecule has 0 aromatic heterocycles. The number of rotatable bonds is 10. The summed E-state index contributed by atoms with van der Waals surface area (Å²) in [6.07, 6.45) is 3.81. The molecule has 0 aromatic rings. The first-order chi connectivity index (χ1) is 8.18. The third-order valence-electron chi connectivity index (χ3n) is 1.81. The van der Waals surface area contributed by atoms with E-state index in [2.05, 4.69) is 25.5 Å². The van der Waals surface area contributed by atoms with Gasteiger partial charge in [0.15, 0.2) is 0 Å². The van der Waals surface area contributed by atoms with Crippen molar-refractivity contribution in [2.75, 3.05) is 39.6 Å². The van der Waals surface area contributed by atoms with Crippen LogP contribution in [0.25, 0.3) is 0 Å². The topological polar surface area (TPSA) is 58.9 Å². The zero-order chi connectivity index (χ0) is 13.4. The van der Waals surface area contributed by atoms with Crippen LogP contribution in [-0.4, -0.2) is 49.9 Å². The number of unbranched alkanes of at least 4 members (excludes halogenated alkanes) is 2. The molecule has 0 rings (SSSR count). The van der Waals surface area contributed by atoms with Gasteiger partial charge >= 0.3 is 0 Å². The van der Waals surface area contributed by atoms with Gasteiger partial charge in [0.2, 0.25) is 0 Å². The van der Waals surface area contributed by atoms with E-state index < -0.39 is 0 Å². The third-order valence-corrected chi connectivity index (χ3v) is 1.81. The van der Waals surface area contributed by atoms with Gasteiger partial charge in [0.25, 0.3) is 0 Å². The molecule has 0 aliphatic heterocycles. The van der Waals surface area contributed by atoms with Crippen LogP contribution in [0.5, 0.6) is 0 Å². The van der Waals surface area contributed by atoms with Gasteiger partial charge in [-0.2, -0.15) is 0 Å².